The van der Waals surface area contributed by atoms with Crippen LogP contribution >= 0.6 is 0 Å². The molecule has 0 radical (unpaired) electrons. The fourth-order valence-corrected chi connectivity index (χ4v) is 3.00. The summed E-state index contributed by atoms with van der Waals surface area (Å²) >= 11 is 0. The van der Waals surface area contributed by atoms with E-state index in [2.05, 4.69) is 10.4 Å². The predicted octanol–water partition coefficient (Wildman–Crippen LogP) is 1.99. The summed E-state index contributed by atoms with van der Waals surface area (Å²) in [5.74, 6) is -0.390. The van der Waals surface area contributed by atoms with Crippen molar-refractivity contribution in [2.75, 3.05) is 6.54 Å². The highest BCUT2D eigenvalue weighted by Crippen LogP contribution is 2.32. The van der Waals surface area contributed by atoms with Gasteiger partial charge in [0.25, 0.3) is 0 Å². The molecule has 1 aliphatic carbocycles. The van der Waals surface area contributed by atoms with E-state index in [4.69, 9.17) is 0 Å². The predicted molar refractivity (Wildman–Crippen MR) is 82.8 cm³/mol. The number of rotatable bonds is 4. The second-order valence-electron chi connectivity index (χ2n) is 5.71. The molecule has 5 nitrogen and oxygen atoms in total. The monoisotopic (exact) mass is 297 g/mol. The van der Waals surface area contributed by atoms with Gasteiger partial charge in [0, 0.05) is 24.2 Å². The molecule has 0 bridgehead atoms. The molecular formula is C17H19N3O2. The van der Waals surface area contributed by atoms with Crippen LogP contribution in [0.4, 0.5) is 0 Å². The number of amides is 1. The molecule has 0 unspecified atom stereocenters. The first-order valence-corrected chi connectivity index (χ1v) is 7.47. The number of nitrogens with zero attached hydrogens (tertiary/aromatic N) is 2. The van der Waals surface area contributed by atoms with E-state index in [1.165, 1.54) is 0 Å². The van der Waals surface area contributed by atoms with E-state index in [9.17, 15) is 9.59 Å². The van der Waals surface area contributed by atoms with Crippen molar-refractivity contribution in [2.45, 2.75) is 32.7 Å². The van der Waals surface area contributed by atoms with Gasteiger partial charge >= 0.3 is 0 Å². The zero-order valence-electron chi connectivity index (χ0n) is 12.8. The summed E-state index contributed by atoms with van der Waals surface area (Å²) in [4.78, 5) is 24.3. The number of nitrogens with one attached hydrogen (secondary N) is 1. The van der Waals surface area contributed by atoms with Gasteiger partial charge in [0.2, 0.25) is 5.91 Å². The number of carbonyl (C=O) groups is 2. The SMILES string of the molecule is Cc1cc(C)n(CCNC(=O)[C@H]2CC(=O)c3ccccc32)n1. The summed E-state index contributed by atoms with van der Waals surface area (Å²) in [7, 11) is 0. The first-order chi connectivity index (χ1) is 10.6. The summed E-state index contributed by atoms with van der Waals surface area (Å²) in [6, 6.07) is 9.37. The van der Waals surface area contributed by atoms with Crippen LogP contribution < -0.4 is 5.32 Å². The minimum Gasteiger partial charge on any atom is -0.354 e. The molecular weight excluding hydrogens is 278 g/mol. The zero-order chi connectivity index (χ0) is 15.7. The third-order valence-electron chi connectivity index (χ3n) is 4.07. The Hall–Kier alpha value is -2.43. The van der Waals surface area contributed by atoms with Crippen LogP contribution in [0.25, 0.3) is 0 Å². The summed E-state index contributed by atoms with van der Waals surface area (Å²) in [5.41, 5.74) is 3.57. The number of ketones is 1. The lowest BCUT2D eigenvalue weighted by molar-refractivity contribution is -0.122. The Bertz CT molecular complexity index is 733. The van der Waals surface area contributed by atoms with Gasteiger partial charge in [-0.05, 0) is 25.5 Å². The number of aryl methyl sites for hydroxylation is 2. The van der Waals surface area contributed by atoms with Gasteiger partial charge in [-0.2, -0.15) is 5.10 Å². The Kier molecular flexibility index (Phi) is 3.79. The summed E-state index contributed by atoms with van der Waals surface area (Å²) < 4.78 is 1.88. The average Bonchev–Trinajstić information content (AvgIpc) is 2.99. The van der Waals surface area contributed by atoms with E-state index in [0.29, 0.717) is 18.7 Å². The van der Waals surface area contributed by atoms with Crippen LogP contribution in [0.5, 0.6) is 0 Å². The lowest BCUT2D eigenvalue weighted by Gasteiger charge is -2.12. The summed E-state index contributed by atoms with van der Waals surface area (Å²) in [5, 5.41) is 7.28. The molecule has 0 spiro atoms. The molecule has 5 heteroatoms. The second-order valence-corrected chi connectivity index (χ2v) is 5.71. The molecule has 0 saturated carbocycles. The van der Waals surface area contributed by atoms with Crippen LogP contribution in [-0.4, -0.2) is 28.0 Å². The minimum atomic E-state index is -0.357. The lowest BCUT2D eigenvalue weighted by atomic mass is 10.0. The summed E-state index contributed by atoms with van der Waals surface area (Å²) in [6.45, 7) is 5.08. The largest absolute Gasteiger partial charge is 0.354 e. The van der Waals surface area contributed by atoms with Crippen molar-refractivity contribution < 1.29 is 9.59 Å². The maximum atomic E-state index is 12.3. The third-order valence-corrected chi connectivity index (χ3v) is 4.07. The Labute approximate surface area is 129 Å². The maximum absolute atomic E-state index is 12.3. The number of aromatic nitrogens is 2. The van der Waals surface area contributed by atoms with E-state index in [1.807, 2.05) is 42.8 Å². The van der Waals surface area contributed by atoms with E-state index < -0.39 is 0 Å². The number of benzene rings is 1. The average molecular weight is 297 g/mol. The number of hydrogen-bond acceptors (Lipinski definition) is 3. The topological polar surface area (TPSA) is 64.0 Å². The fraction of sp³-hybridized carbons (Fsp3) is 0.353. The van der Waals surface area contributed by atoms with E-state index >= 15 is 0 Å². The molecule has 0 saturated heterocycles. The molecule has 1 aromatic carbocycles. The van der Waals surface area contributed by atoms with Gasteiger partial charge in [-0.1, -0.05) is 24.3 Å². The lowest BCUT2D eigenvalue weighted by Crippen LogP contribution is -2.31. The number of fused-ring (bicyclic) bond motifs is 1. The first-order valence-electron chi connectivity index (χ1n) is 7.47. The van der Waals surface area contributed by atoms with Gasteiger partial charge in [0.1, 0.15) is 0 Å². The molecule has 2 aromatic rings. The Balaban J connectivity index is 1.62. The van der Waals surface area contributed by atoms with Crippen LogP contribution in [0.3, 0.4) is 0 Å². The van der Waals surface area contributed by atoms with Crippen LogP contribution in [-0.2, 0) is 11.3 Å². The molecule has 0 aliphatic heterocycles. The normalized spacial score (nSPS) is 16.6. The molecule has 1 atom stereocenters. The molecule has 114 valence electrons. The van der Waals surface area contributed by atoms with Gasteiger partial charge in [-0.3, -0.25) is 14.3 Å². The van der Waals surface area contributed by atoms with Gasteiger partial charge < -0.3 is 5.32 Å². The van der Waals surface area contributed by atoms with Crippen molar-refractivity contribution in [1.82, 2.24) is 15.1 Å². The standard InChI is InChI=1S/C17H19N3O2/c1-11-9-12(2)20(19-11)8-7-18-17(22)15-10-16(21)14-6-4-3-5-13(14)15/h3-6,9,15H,7-8,10H2,1-2H3,(H,18,22)/t15-/m0/s1. The Morgan fingerprint density at radius 1 is 1.36 bits per heavy atom. The number of hydrogen-bond donors (Lipinski definition) is 1. The van der Waals surface area contributed by atoms with Crippen molar-refractivity contribution >= 4 is 11.7 Å². The molecule has 1 aromatic heterocycles. The molecule has 1 aliphatic rings. The Morgan fingerprint density at radius 3 is 2.86 bits per heavy atom. The molecule has 3 rings (SSSR count). The van der Waals surface area contributed by atoms with Crippen LogP contribution in [0, 0.1) is 13.8 Å². The van der Waals surface area contributed by atoms with Gasteiger partial charge in [-0.15, -0.1) is 0 Å². The number of Topliss-reactive ketones (excluding diaryl/α,β-unsaturated/α-hetero) is 1. The molecule has 0 fully saturated rings. The van der Waals surface area contributed by atoms with E-state index in [1.54, 1.807) is 6.07 Å². The van der Waals surface area contributed by atoms with Crippen LogP contribution in [0.15, 0.2) is 30.3 Å². The van der Waals surface area contributed by atoms with Gasteiger partial charge in [0.05, 0.1) is 18.2 Å². The fourth-order valence-electron chi connectivity index (χ4n) is 3.00. The van der Waals surface area contributed by atoms with E-state index in [-0.39, 0.29) is 24.0 Å². The molecule has 1 amide bonds. The summed E-state index contributed by atoms with van der Waals surface area (Å²) in [6.07, 6.45) is 0.269. The second kappa shape index (κ2) is 5.75. The number of carbonyl (C=O) groups excluding carboxylic acids is 2. The quantitative estimate of drug-likeness (QED) is 0.938. The molecule has 22 heavy (non-hydrogen) atoms. The smallest absolute Gasteiger partial charge is 0.228 e. The van der Waals surface area contributed by atoms with Crippen molar-refractivity contribution in [1.29, 1.82) is 0 Å². The van der Waals surface area contributed by atoms with Crippen molar-refractivity contribution in [3.8, 4) is 0 Å². The van der Waals surface area contributed by atoms with E-state index in [0.717, 1.165) is 17.0 Å². The van der Waals surface area contributed by atoms with Gasteiger partial charge in [-0.25, -0.2) is 0 Å². The van der Waals surface area contributed by atoms with Crippen molar-refractivity contribution in [2.24, 2.45) is 0 Å². The van der Waals surface area contributed by atoms with Crippen molar-refractivity contribution in [3.05, 3.63) is 52.8 Å². The molecule has 1 heterocycles. The van der Waals surface area contributed by atoms with Crippen LogP contribution in [0.2, 0.25) is 0 Å². The highest BCUT2D eigenvalue weighted by Gasteiger charge is 2.33. The first kappa shape index (κ1) is 14.5. The highest BCUT2D eigenvalue weighted by molar-refractivity contribution is 6.06. The highest BCUT2D eigenvalue weighted by atomic mass is 16.2. The minimum absolute atomic E-state index is 0.0503. The zero-order valence-corrected chi connectivity index (χ0v) is 12.8. The van der Waals surface area contributed by atoms with Crippen molar-refractivity contribution in [3.63, 3.8) is 0 Å². The third kappa shape index (κ3) is 2.66. The Morgan fingerprint density at radius 2 is 2.14 bits per heavy atom. The van der Waals surface area contributed by atoms with Crippen LogP contribution in [0.1, 0.15) is 39.6 Å². The van der Waals surface area contributed by atoms with Gasteiger partial charge in [0.15, 0.2) is 5.78 Å². The molecule has 1 N–H and O–H groups in total. The maximum Gasteiger partial charge on any atom is 0.228 e.